The largest absolute Gasteiger partial charge is 0.312 e. The van der Waals surface area contributed by atoms with Gasteiger partial charge in [0.2, 0.25) is 0 Å². The third-order valence-corrected chi connectivity index (χ3v) is 4.08. The van der Waals surface area contributed by atoms with E-state index in [-0.39, 0.29) is 0 Å². The molecule has 0 aromatic carbocycles. The highest BCUT2D eigenvalue weighted by Gasteiger charge is 2.18. The summed E-state index contributed by atoms with van der Waals surface area (Å²) in [6, 6.07) is 1.04. The van der Waals surface area contributed by atoms with E-state index in [9.17, 15) is 4.21 Å². The molecule has 4 heteroatoms. The molecule has 0 bridgehead atoms. The van der Waals surface area contributed by atoms with Crippen molar-refractivity contribution in [3.8, 4) is 0 Å². The molecule has 1 saturated heterocycles. The van der Waals surface area contributed by atoms with Gasteiger partial charge in [-0.05, 0) is 33.4 Å². The number of piperidine rings is 1. The second kappa shape index (κ2) is 6.61. The van der Waals surface area contributed by atoms with Crippen LogP contribution < -0.4 is 5.32 Å². The van der Waals surface area contributed by atoms with Crippen molar-refractivity contribution in [3.05, 3.63) is 0 Å². The smallest absolute Gasteiger partial charge is 0.0383 e. The Hall–Kier alpha value is 0.0700. The van der Waals surface area contributed by atoms with Crippen molar-refractivity contribution >= 4 is 10.8 Å². The van der Waals surface area contributed by atoms with E-state index in [1.54, 1.807) is 6.26 Å². The van der Waals surface area contributed by atoms with E-state index in [4.69, 9.17) is 0 Å². The summed E-state index contributed by atoms with van der Waals surface area (Å²) >= 11 is 0. The van der Waals surface area contributed by atoms with Crippen molar-refractivity contribution in [2.24, 2.45) is 0 Å². The summed E-state index contributed by atoms with van der Waals surface area (Å²) < 4.78 is 11.0. The van der Waals surface area contributed by atoms with Crippen LogP contribution in [0.2, 0.25) is 0 Å². The molecular weight excluding hydrogens is 208 g/mol. The lowest BCUT2D eigenvalue weighted by Gasteiger charge is -2.33. The first kappa shape index (κ1) is 13.1. The van der Waals surface area contributed by atoms with Crippen LogP contribution in [0.3, 0.4) is 0 Å². The molecule has 0 aromatic heterocycles. The van der Waals surface area contributed by atoms with Crippen molar-refractivity contribution < 1.29 is 4.21 Å². The van der Waals surface area contributed by atoms with E-state index < -0.39 is 10.8 Å². The zero-order valence-corrected chi connectivity index (χ0v) is 11.0. The van der Waals surface area contributed by atoms with Crippen LogP contribution in [0.1, 0.15) is 26.2 Å². The molecule has 1 N–H and O–H groups in total. The maximum Gasteiger partial charge on any atom is 0.0383 e. The standard InChI is InChI=1S/C11H24N2OS/c1-10(9-15(3)14)12-8-11-6-4-5-7-13(11)2/h10-12H,4-9H2,1-3H3. The highest BCUT2D eigenvalue weighted by atomic mass is 32.2. The van der Waals surface area contributed by atoms with Gasteiger partial charge in [-0.3, -0.25) is 4.21 Å². The Labute approximate surface area is 96.1 Å². The van der Waals surface area contributed by atoms with Crippen LogP contribution in [-0.4, -0.2) is 53.3 Å². The Balaban J connectivity index is 2.20. The van der Waals surface area contributed by atoms with E-state index in [1.807, 2.05) is 0 Å². The van der Waals surface area contributed by atoms with Crippen LogP contribution in [0.25, 0.3) is 0 Å². The summed E-state index contributed by atoms with van der Waals surface area (Å²) in [5.74, 6) is 0.760. The van der Waals surface area contributed by atoms with E-state index in [0.717, 1.165) is 12.3 Å². The normalized spacial score (nSPS) is 27.5. The molecule has 0 aliphatic carbocycles. The quantitative estimate of drug-likeness (QED) is 0.762. The van der Waals surface area contributed by atoms with E-state index in [1.165, 1.54) is 25.8 Å². The number of likely N-dealkylation sites (tertiary alicyclic amines) is 1. The van der Waals surface area contributed by atoms with Crippen LogP contribution in [0.15, 0.2) is 0 Å². The minimum absolute atomic E-state index is 0.367. The minimum atomic E-state index is -0.687. The highest BCUT2D eigenvalue weighted by molar-refractivity contribution is 7.84. The highest BCUT2D eigenvalue weighted by Crippen LogP contribution is 2.14. The molecule has 0 amide bonds. The van der Waals surface area contributed by atoms with Gasteiger partial charge in [-0.15, -0.1) is 0 Å². The van der Waals surface area contributed by atoms with E-state index in [2.05, 4.69) is 24.2 Å². The van der Waals surface area contributed by atoms with Crippen LogP contribution in [0.4, 0.5) is 0 Å². The van der Waals surface area contributed by atoms with Crippen LogP contribution in [0, 0.1) is 0 Å². The molecule has 15 heavy (non-hydrogen) atoms. The topological polar surface area (TPSA) is 32.3 Å². The van der Waals surface area contributed by atoms with Crippen molar-refractivity contribution in [2.45, 2.75) is 38.3 Å². The first-order valence-corrected chi connectivity index (χ1v) is 7.56. The van der Waals surface area contributed by atoms with Gasteiger partial charge in [-0.25, -0.2) is 0 Å². The molecule has 0 radical (unpaired) electrons. The fourth-order valence-corrected chi connectivity index (χ4v) is 2.97. The summed E-state index contributed by atoms with van der Waals surface area (Å²) in [6.07, 6.45) is 5.75. The van der Waals surface area contributed by atoms with Crippen molar-refractivity contribution in [1.29, 1.82) is 0 Å². The van der Waals surface area contributed by atoms with E-state index >= 15 is 0 Å². The predicted molar refractivity (Wildman–Crippen MR) is 66.7 cm³/mol. The Morgan fingerprint density at radius 1 is 1.53 bits per heavy atom. The third-order valence-electron chi connectivity index (χ3n) is 3.11. The molecule has 90 valence electrons. The van der Waals surface area contributed by atoms with Crippen molar-refractivity contribution in [1.82, 2.24) is 10.2 Å². The van der Waals surface area contributed by atoms with Crippen molar-refractivity contribution in [3.63, 3.8) is 0 Å². The summed E-state index contributed by atoms with van der Waals surface area (Å²) in [6.45, 7) is 4.37. The molecule has 3 unspecified atom stereocenters. The molecule has 3 atom stereocenters. The zero-order chi connectivity index (χ0) is 11.3. The number of nitrogens with zero attached hydrogens (tertiary/aromatic N) is 1. The number of likely N-dealkylation sites (N-methyl/N-ethyl adjacent to an activating group) is 1. The average molecular weight is 232 g/mol. The molecule has 1 rings (SSSR count). The van der Waals surface area contributed by atoms with Crippen LogP contribution in [-0.2, 0) is 10.8 Å². The Morgan fingerprint density at radius 3 is 2.87 bits per heavy atom. The molecule has 1 fully saturated rings. The summed E-state index contributed by atoms with van der Waals surface area (Å²) in [7, 11) is 1.52. The second-order valence-electron chi connectivity index (χ2n) is 4.68. The first-order chi connectivity index (χ1) is 7.09. The maximum atomic E-state index is 11.0. The van der Waals surface area contributed by atoms with Gasteiger partial charge in [0.15, 0.2) is 0 Å². The average Bonchev–Trinajstić information content (AvgIpc) is 2.15. The SMILES string of the molecule is CC(CS(C)=O)NCC1CCCCN1C. The van der Waals surface area contributed by atoms with E-state index in [0.29, 0.717) is 12.1 Å². The molecule has 0 saturated carbocycles. The maximum absolute atomic E-state index is 11.0. The Bertz CT molecular complexity index is 211. The molecule has 3 nitrogen and oxygen atoms in total. The van der Waals surface area contributed by atoms with Gasteiger partial charge in [-0.1, -0.05) is 6.42 Å². The van der Waals surface area contributed by atoms with Gasteiger partial charge in [0.25, 0.3) is 0 Å². The van der Waals surface area contributed by atoms with Crippen molar-refractivity contribution in [2.75, 3.05) is 32.1 Å². The monoisotopic (exact) mass is 232 g/mol. The first-order valence-electron chi connectivity index (χ1n) is 5.83. The summed E-state index contributed by atoms with van der Waals surface area (Å²) in [4.78, 5) is 2.44. The summed E-state index contributed by atoms with van der Waals surface area (Å²) in [5, 5.41) is 3.48. The Morgan fingerprint density at radius 2 is 2.27 bits per heavy atom. The van der Waals surface area contributed by atoms with Gasteiger partial charge in [-0.2, -0.15) is 0 Å². The van der Waals surface area contributed by atoms with Gasteiger partial charge < -0.3 is 10.2 Å². The lowest BCUT2D eigenvalue weighted by molar-refractivity contribution is 0.179. The second-order valence-corrected chi connectivity index (χ2v) is 6.16. The molecular formula is C11H24N2OS. The zero-order valence-electron chi connectivity index (χ0n) is 10.2. The van der Waals surface area contributed by atoms with Crippen LogP contribution >= 0.6 is 0 Å². The lowest BCUT2D eigenvalue weighted by Crippen LogP contribution is -2.46. The fraction of sp³-hybridized carbons (Fsp3) is 1.00. The molecule has 1 aliphatic rings. The lowest BCUT2D eigenvalue weighted by atomic mass is 10.0. The molecule has 1 heterocycles. The van der Waals surface area contributed by atoms with Gasteiger partial charge in [0, 0.05) is 41.4 Å². The number of nitrogens with one attached hydrogen (secondary N) is 1. The summed E-state index contributed by atoms with van der Waals surface area (Å²) in [5.41, 5.74) is 0. The number of hydrogen-bond donors (Lipinski definition) is 1. The molecule has 1 aliphatic heterocycles. The number of hydrogen-bond acceptors (Lipinski definition) is 3. The minimum Gasteiger partial charge on any atom is -0.312 e. The van der Waals surface area contributed by atoms with Crippen LogP contribution in [0.5, 0.6) is 0 Å². The predicted octanol–water partition coefficient (Wildman–Crippen LogP) is 0.827. The third kappa shape index (κ3) is 5.09. The fourth-order valence-electron chi connectivity index (χ4n) is 2.15. The van der Waals surface area contributed by atoms with Gasteiger partial charge >= 0.3 is 0 Å². The Kier molecular flexibility index (Phi) is 5.79. The number of rotatable bonds is 5. The molecule has 0 aromatic rings. The molecule has 0 spiro atoms. The van der Waals surface area contributed by atoms with Gasteiger partial charge in [0.05, 0.1) is 0 Å². The van der Waals surface area contributed by atoms with Gasteiger partial charge in [0.1, 0.15) is 0 Å².